The van der Waals surface area contributed by atoms with Crippen LogP contribution in [-0.2, 0) is 6.61 Å². The molecule has 1 aromatic carbocycles. The van der Waals surface area contributed by atoms with Gasteiger partial charge in [0.05, 0.1) is 28.0 Å². The highest BCUT2D eigenvalue weighted by atomic mass is 35.5. The van der Waals surface area contributed by atoms with Crippen molar-refractivity contribution in [1.29, 1.82) is 0 Å². The van der Waals surface area contributed by atoms with E-state index in [-0.39, 0.29) is 12.0 Å². The maximum Gasteiger partial charge on any atom is 0.153 e. The lowest BCUT2D eigenvalue weighted by molar-refractivity contribution is 0.196. The second-order valence-corrected chi connectivity index (χ2v) is 9.40. The number of hydrogen-bond acceptors (Lipinski definition) is 5. The van der Waals surface area contributed by atoms with E-state index in [4.69, 9.17) is 50.5 Å². The van der Waals surface area contributed by atoms with Gasteiger partial charge in [-0.3, -0.25) is 0 Å². The number of aryl methyl sites for hydroxylation is 1. The number of hydrogen-bond donors (Lipinski definition) is 2. The van der Waals surface area contributed by atoms with Crippen molar-refractivity contribution in [2.75, 3.05) is 18.0 Å². The van der Waals surface area contributed by atoms with E-state index in [9.17, 15) is 5.11 Å². The molecule has 1 atom stereocenters. The SMILES string of the molecule is Cc1nc(N2CCC3(CCC[C@H]3N)CC2)c(CO)nc1-c1cc(Cl)cc(Cl)c1Cl. The largest absolute Gasteiger partial charge is 0.390 e. The summed E-state index contributed by atoms with van der Waals surface area (Å²) in [6.07, 6.45) is 5.67. The molecule has 8 heteroatoms. The third-order valence-electron chi connectivity index (χ3n) is 6.55. The fourth-order valence-corrected chi connectivity index (χ4v) is 5.53. The molecule has 1 aliphatic carbocycles. The molecule has 29 heavy (non-hydrogen) atoms. The van der Waals surface area contributed by atoms with E-state index in [0.29, 0.717) is 38.1 Å². The first-order valence-corrected chi connectivity index (χ1v) is 11.1. The van der Waals surface area contributed by atoms with E-state index in [1.807, 2.05) is 6.92 Å². The number of nitrogens with zero attached hydrogens (tertiary/aromatic N) is 3. The Labute approximate surface area is 186 Å². The van der Waals surface area contributed by atoms with Gasteiger partial charge in [0, 0.05) is 29.7 Å². The van der Waals surface area contributed by atoms with Crippen molar-refractivity contribution in [2.24, 2.45) is 11.1 Å². The van der Waals surface area contributed by atoms with Gasteiger partial charge in [0.25, 0.3) is 0 Å². The molecule has 1 spiro atoms. The monoisotopic (exact) mass is 454 g/mol. The molecule has 5 nitrogen and oxygen atoms in total. The van der Waals surface area contributed by atoms with E-state index < -0.39 is 0 Å². The molecule has 1 saturated heterocycles. The van der Waals surface area contributed by atoms with E-state index in [1.54, 1.807) is 12.1 Å². The molecule has 2 aromatic rings. The lowest BCUT2D eigenvalue weighted by Gasteiger charge is -2.42. The third kappa shape index (κ3) is 3.84. The van der Waals surface area contributed by atoms with Gasteiger partial charge in [-0.1, -0.05) is 41.2 Å². The molecular formula is C21H25Cl3N4O. The lowest BCUT2D eigenvalue weighted by Crippen LogP contribution is -2.47. The smallest absolute Gasteiger partial charge is 0.153 e. The Morgan fingerprint density at radius 2 is 1.90 bits per heavy atom. The van der Waals surface area contributed by atoms with Crippen molar-refractivity contribution >= 4 is 40.6 Å². The average Bonchev–Trinajstić information content (AvgIpc) is 3.05. The Morgan fingerprint density at radius 1 is 1.17 bits per heavy atom. The minimum atomic E-state index is -0.206. The van der Waals surface area contributed by atoms with Crippen LogP contribution in [-0.4, -0.2) is 34.2 Å². The molecule has 0 unspecified atom stereocenters. The van der Waals surface area contributed by atoms with Crippen LogP contribution >= 0.6 is 34.8 Å². The first-order chi connectivity index (χ1) is 13.8. The topological polar surface area (TPSA) is 75.3 Å². The van der Waals surface area contributed by atoms with Crippen LogP contribution in [0.15, 0.2) is 12.1 Å². The summed E-state index contributed by atoms with van der Waals surface area (Å²) in [5, 5.41) is 11.2. The van der Waals surface area contributed by atoms with Crippen LogP contribution in [0.3, 0.4) is 0 Å². The predicted octanol–water partition coefficient (Wildman–Crippen LogP) is 5.00. The molecule has 2 aliphatic rings. The molecule has 0 bridgehead atoms. The number of aromatic nitrogens is 2. The number of aliphatic hydroxyl groups excluding tert-OH is 1. The minimum absolute atomic E-state index is 0.206. The highest BCUT2D eigenvalue weighted by Crippen LogP contribution is 2.46. The quantitative estimate of drug-likeness (QED) is 0.637. The molecule has 1 aliphatic heterocycles. The van der Waals surface area contributed by atoms with Gasteiger partial charge < -0.3 is 15.7 Å². The van der Waals surface area contributed by atoms with Gasteiger partial charge in [0.15, 0.2) is 5.82 Å². The zero-order valence-electron chi connectivity index (χ0n) is 16.4. The Bertz CT molecular complexity index is 929. The Kier molecular flexibility index (Phi) is 5.97. The van der Waals surface area contributed by atoms with E-state index in [2.05, 4.69) is 4.90 Å². The van der Waals surface area contributed by atoms with Gasteiger partial charge in [-0.25, -0.2) is 9.97 Å². The van der Waals surface area contributed by atoms with Gasteiger partial charge in [0.2, 0.25) is 0 Å². The molecule has 0 amide bonds. The van der Waals surface area contributed by atoms with E-state index >= 15 is 0 Å². The second-order valence-electron chi connectivity index (χ2n) is 8.18. The van der Waals surface area contributed by atoms with Crippen LogP contribution in [0.1, 0.15) is 43.5 Å². The van der Waals surface area contributed by atoms with Crippen LogP contribution in [0.2, 0.25) is 15.1 Å². The molecule has 2 heterocycles. The molecule has 156 valence electrons. The summed E-state index contributed by atoms with van der Waals surface area (Å²) in [5.41, 5.74) is 9.13. The molecule has 2 fully saturated rings. The van der Waals surface area contributed by atoms with Gasteiger partial charge in [-0.15, -0.1) is 0 Å². The van der Waals surface area contributed by atoms with Gasteiger partial charge in [-0.2, -0.15) is 0 Å². The summed E-state index contributed by atoms with van der Waals surface area (Å²) >= 11 is 18.7. The first-order valence-electron chi connectivity index (χ1n) is 9.98. The van der Waals surface area contributed by atoms with Crippen molar-refractivity contribution in [3.63, 3.8) is 0 Å². The molecule has 1 saturated carbocycles. The van der Waals surface area contributed by atoms with Crippen molar-refractivity contribution in [3.05, 3.63) is 38.6 Å². The van der Waals surface area contributed by atoms with Gasteiger partial charge in [0.1, 0.15) is 5.69 Å². The zero-order chi connectivity index (χ0) is 20.8. The highest BCUT2D eigenvalue weighted by Gasteiger charge is 2.43. The number of benzene rings is 1. The maximum absolute atomic E-state index is 10.0. The lowest BCUT2D eigenvalue weighted by atomic mass is 9.74. The predicted molar refractivity (Wildman–Crippen MR) is 119 cm³/mol. The number of nitrogens with two attached hydrogens (primary N) is 1. The van der Waals surface area contributed by atoms with Crippen molar-refractivity contribution in [3.8, 4) is 11.3 Å². The summed E-state index contributed by atoms with van der Waals surface area (Å²) in [7, 11) is 0. The van der Waals surface area contributed by atoms with Crippen molar-refractivity contribution in [2.45, 2.75) is 51.7 Å². The van der Waals surface area contributed by atoms with Gasteiger partial charge in [-0.05, 0) is 50.2 Å². The summed E-state index contributed by atoms with van der Waals surface area (Å²) in [6, 6.07) is 3.61. The molecule has 1 aromatic heterocycles. The normalized spacial score (nSPS) is 21.2. The molecule has 0 radical (unpaired) electrons. The number of piperidine rings is 1. The number of anilines is 1. The average molecular weight is 456 g/mol. The van der Waals surface area contributed by atoms with Gasteiger partial charge >= 0.3 is 0 Å². The van der Waals surface area contributed by atoms with E-state index in [1.165, 1.54) is 12.8 Å². The third-order valence-corrected chi connectivity index (χ3v) is 7.57. The van der Waals surface area contributed by atoms with Crippen LogP contribution in [0.25, 0.3) is 11.3 Å². The maximum atomic E-state index is 10.0. The number of halogens is 3. The molecular weight excluding hydrogens is 431 g/mol. The number of rotatable bonds is 3. The van der Waals surface area contributed by atoms with E-state index in [0.717, 1.165) is 43.9 Å². The summed E-state index contributed by atoms with van der Waals surface area (Å²) in [5.74, 6) is 0.736. The Hall–Kier alpha value is -1.11. The zero-order valence-corrected chi connectivity index (χ0v) is 18.7. The first kappa shape index (κ1) is 21.1. The Balaban J connectivity index is 1.66. The van der Waals surface area contributed by atoms with Crippen LogP contribution in [0, 0.1) is 12.3 Å². The minimum Gasteiger partial charge on any atom is -0.390 e. The standard InChI is InChI=1S/C21H25Cl3N4O/c1-12-19(14-9-13(22)10-15(23)18(14)24)27-16(11-29)20(26-12)28-7-5-21(6-8-28)4-2-3-17(21)25/h9-10,17,29H,2-8,11,25H2,1H3/t17-/m1/s1. The fourth-order valence-electron chi connectivity index (χ4n) is 4.84. The molecule has 4 rings (SSSR count). The summed E-state index contributed by atoms with van der Waals surface area (Å²) in [4.78, 5) is 11.7. The van der Waals surface area contributed by atoms with Crippen LogP contribution in [0.4, 0.5) is 5.82 Å². The van der Waals surface area contributed by atoms with Crippen LogP contribution < -0.4 is 10.6 Å². The summed E-state index contributed by atoms with van der Waals surface area (Å²) < 4.78 is 0. The Morgan fingerprint density at radius 3 is 2.52 bits per heavy atom. The summed E-state index contributed by atoms with van der Waals surface area (Å²) in [6.45, 7) is 3.43. The number of aliphatic hydroxyl groups is 1. The van der Waals surface area contributed by atoms with Crippen molar-refractivity contribution < 1.29 is 5.11 Å². The fraction of sp³-hybridized carbons (Fsp3) is 0.524. The van der Waals surface area contributed by atoms with Crippen LogP contribution in [0.5, 0.6) is 0 Å². The molecule has 3 N–H and O–H groups in total. The second kappa shape index (κ2) is 8.20. The highest BCUT2D eigenvalue weighted by molar-refractivity contribution is 6.45. The van der Waals surface area contributed by atoms with Crippen molar-refractivity contribution in [1.82, 2.24) is 9.97 Å².